The van der Waals surface area contributed by atoms with Crippen LogP contribution in [0.15, 0.2) is 122 Å². The fourth-order valence-corrected chi connectivity index (χ4v) is 5.04. The largest absolute Gasteiger partial charge is 0.264 e. The van der Waals surface area contributed by atoms with E-state index in [1.54, 1.807) is 6.20 Å². The minimum absolute atomic E-state index is 1.01. The van der Waals surface area contributed by atoms with Gasteiger partial charge < -0.3 is 0 Å². The van der Waals surface area contributed by atoms with Crippen LogP contribution in [0, 0.1) is 0 Å². The van der Waals surface area contributed by atoms with Crippen molar-refractivity contribution in [1.82, 2.24) is 9.97 Å². The van der Waals surface area contributed by atoms with Gasteiger partial charge in [-0.3, -0.25) is 9.97 Å². The summed E-state index contributed by atoms with van der Waals surface area (Å²) >= 11 is 0. The van der Waals surface area contributed by atoms with Gasteiger partial charge in [0.05, 0.1) is 5.52 Å². The summed E-state index contributed by atoms with van der Waals surface area (Å²) in [6.45, 7) is 4.44. The molecule has 0 bridgehead atoms. The molecule has 4 aromatic carbocycles. The van der Waals surface area contributed by atoms with Crippen molar-refractivity contribution in [3.63, 3.8) is 0 Å². The average molecular weight is 491 g/mol. The highest BCUT2D eigenvalue weighted by Gasteiger charge is 2.07. The molecular formula is C36H30N2. The van der Waals surface area contributed by atoms with Gasteiger partial charge in [0.2, 0.25) is 0 Å². The van der Waals surface area contributed by atoms with Gasteiger partial charge in [-0.2, -0.15) is 0 Å². The standard InChI is InChI=1S/C36H30N2/c1-3-25-18-26(4-2)20-34(19-25)29-11-7-27(8-12-29)31-15-16-32-21-35(24-38-36(32)22-31)30-13-9-28(10-14-30)33-6-5-17-37-23-33/h5-24H,3-4H2,1-2H3. The second-order valence-corrected chi connectivity index (χ2v) is 9.77. The van der Waals surface area contributed by atoms with Gasteiger partial charge >= 0.3 is 0 Å². The maximum absolute atomic E-state index is 4.82. The summed E-state index contributed by atoms with van der Waals surface area (Å²) < 4.78 is 0. The van der Waals surface area contributed by atoms with Gasteiger partial charge in [-0.25, -0.2) is 0 Å². The number of hydrogen-bond donors (Lipinski definition) is 0. The summed E-state index contributed by atoms with van der Waals surface area (Å²) in [4.78, 5) is 9.04. The maximum atomic E-state index is 4.82. The van der Waals surface area contributed by atoms with Crippen molar-refractivity contribution in [2.24, 2.45) is 0 Å². The molecule has 0 amide bonds. The van der Waals surface area contributed by atoms with Gasteiger partial charge in [-0.15, -0.1) is 0 Å². The van der Waals surface area contributed by atoms with E-state index in [-0.39, 0.29) is 0 Å². The molecule has 0 radical (unpaired) electrons. The van der Waals surface area contributed by atoms with E-state index in [2.05, 4.69) is 116 Å². The van der Waals surface area contributed by atoms with Gasteiger partial charge in [0.1, 0.15) is 0 Å². The molecule has 2 nitrogen and oxygen atoms in total. The molecule has 2 heterocycles. The SMILES string of the molecule is CCc1cc(CC)cc(-c2ccc(-c3ccc4cc(-c5ccc(-c6cccnc6)cc5)cnc4c3)cc2)c1. The molecule has 2 aromatic heterocycles. The summed E-state index contributed by atoms with van der Waals surface area (Å²) in [7, 11) is 0. The third-order valence-electron chi connectivity index (χ3n) is 7.32. The molecule has 0 saturated carbocycles. The van der Waals surface area contributed by atoms with Gasteiger partial charge in [0.25, 0.3) is 0 Å². The molecule has 0 N–H and O–H groups in total. The number of fused-ring (bicyclic) bond motifs is 1. The lowest BCUT2D eigenvalue weighted by Gasteiger charge is -2.10. The van der Waals surface area contributed by atoms with E-state index in [0.29, 0.717) is 0 Å². The molecule has 0 aliphatic carbocycles. The minimum Gasteiger partial charge on any atom is -0.264 e. The first-order valence-electron chi connectivity index (χ1n) is 13.3. The van der Waals surface area contributed by atoms with E-state index in [9.17, 15) is 0 Å². The van der Waals surface area contributed by atoms with Gasteiger partial charge in [-0.05, 0) is 81.1 Å². The van der Waals surface area contributed by atoms with Crippen molar-refractivity contribution < 1.29 is 0 Å². The molecule has 38 heavy (non-hydrogen) atoms. The van der Waals surface area contributed by atoms with Crippen LogP contribution in [0.5, 0.6) is 0 Å². The monoisotopic (exact) mass is 490 g/mol. The van der Waals surface area contributed by atoms with Crippen molar-refractivity contribution in [3.05, 3.63) is 133 Å². The summed E-state index contributed by atoms with van der Waals surface area (Å²) in [6.07, 6.45) is 7.78. The first kappa shape index (κ1) is 23.8. The lowest BCUT2D eigenvalue weighted by atomic mass is 9.95. The molecule has 0 saturated heterocycles. The van der Waals surface area contributed by atoms with Gasteiger partial charge in [0.15, 0.2) is 0 Å². The second kappa shape index (κ2) is 10.4. The van der Waals surface area contributed by atoms with E-state index in [1.165, 1.54) is 33.4 Å². The van der Waals surface area contributed by atoms with Crippen molar-refractivity contribution >= 4 is 10.9 Å². The van der Waals surface area contributed by atoms with E-state index < -0.39 is 0 Å². The molecule has 0 unspecified atom stereocenters. The predicted octanol–water partition coefficient (Wildman–Crippen LogP) is 9.42. The normalized spacial score (nSPS) is 11.1. The van der Waals surface area contributed by atoms with Crippen LogP contribution in [0.25, 0.3) is 55.4 Å². The lowest BCUT2D eigenvalue weighted by Crippen LogP contribution is -1.89. The maximum Gasteiger partial charge on any atom is 0.0708 e. The number of benzene rings is 4. The summed E-state index contributed by atoms with van der Waals surface area (Å²) in [5.41, 5.74) is 13.3. The number of aryl methyl sites for hydroxylation is 2. The number of pyridine rings is 2. The molecule has 0 spiro atoms. The van der Waals surface area contributed by atoms with Crippen LogP contribution in [0.3, 0.4) is 0 Å². The van der Waals surface area contributed by atoms with Crippen LogP contribution in [-0.4, -0.2) is 9.97 Å². The van der Waals surface area contributed by atoms with Crippen LogP contribution in [0.1, 0.15) is 25.0 Å². The highest BCUT2D eigenvalue weighted by Crippen LogP contribution is 2.30. The first-order valence-corrected chi connectivity index (χ1v) is 13.3. The van der Waals surface area contributed by atoms with E-state index >= 15 is 0 Å². The van der Waals surface area contributed by atoms with Gasteiger partial charge in [-0.1, -0.05) is 98.8 Å². The number of hydrogen-bond acceptors (Lipinski definition) is 2. The Morgan fingerprint density at radius 2 is 1.05 bits per heavy atom. The zero-order chi connectivity index (χ0) is 25.9. The molecule has 0 aliphatic heterocycles. The zero-order valence-corrected chi connectivity index (χ0v) is 21.9. The molecule has 0 aliphatic rings. The van der Waals surface area contributed by atoms with Gasteiger partial charge in [0, 0.05) is 29.5 Å². The number of nitrogens with zero attached hydrogens (tertiary/aromatic N) is 2. The fourth-order valence-electron chi connectivity index (χ4n) is 5.04. The topological polar surface area (TPSA) is 25.8 Å². The van der Waals surface area contributed by atoms with Crippen molar-refractivity contribution in [2.45, 2.75) is 26.7 Å². The Hall–Kier alpha value is -4.56. The molecule has 0 fully saturated rings. The Kier molecular flexibility index (Phi) is 6.54. The van der Waals surface area contributed by atoms with E-state index in [1.807, 2.05) is 18.5 Å². The van der Waals surface area contributed by atoms with Crippen LogP contribution < -0.4 is 0 Å². The molecular weight excluding hydrogens is 460 g/mol. The van der Waals surface area contributed by atoms with Crippen molar-refractivity contribution in [1.29, 1.82) is 0 Å². The molecule has 2 heteroatoms. The molecule has 0 atom stereocenters. The Labute approximate surface area is 224 Å². The molecule has 6 rings (SSSR count). The third kappa shape index (κ3) is 4.86. The van der Waals surface area contributed by atoms with Crippen LogP contribution in [0.2, 0.25) is 0 Å². The molecule has 6 aromatic rings. The zero-order valence-electron chi connectivity index (χ0n) is 21.9. The Morgan fingerprint density at radius 3 is 1.66 bits per heavy atom. The Balaban J connectivity index is 1.25. The Morgan fingerprint density at radius 1 is 0.474 bits per heavy atom. The first-order chi connectivity index (χ1) is 18.7. The highest BCUT2D eigenvalue weighted by atomic mass is 14.6. The average Bonchev–Trinajstić information content (AvgIpc) is 3.01. The summed E-state index contributed by atoms with van der Waals surface area (Å²) in [5.74, 6) is 0. The smallest absolute Gasteiger partial charge is 0.0708 e. The minimum atomic E-state index is 1.01. The second-order valence-electron chi connectivity index (χ2n) is 9.77. The van der Waals surface area contributed by atoms with E-state index in [0.717, 1.165) is 46.0 Å². The highest BCUT2D eigenvalue weighted by molar-refractivity contribution is 5.88. The predicted molar refractivity (Wildman–Crippen MR) is 160 cm³/mol. The number of rotatable bonds is 6. The third-order valence-corrected chi connectivity index (χ3v) is 7.32. The van der Waals surface area contributed by atoms with Crippen molar-refractivity contribution in [3.8, 4) is 44.5 Å². The summed E-state index contributed by atoms with van der Waals surface area (Å²) in [5, 5.41) is 1.14. The molecule has 184 valence electrons. The number of aromatic nitrogens is 2. The lowest BCUT2D eigenvalue weighted by molar-refractivity contribution is 1.09. The Bertz CT molecular complexity index is 1680. The quantitative estimate of drug-likeness (QED) is 0.232. The van der Waals surface area contributed by atoms with Crippen molar-refractivity contribution in [2.75, 3.05) is 0 Å². The van der Waals surface area contributed by atoms with E-state index in [4.69, 9.17) is 4.98 Å². The van der Waals surface area contributed by atoms with Crippen LogP contribution >= 0.6 is 0 Å². The fraction of sp³-hybridized carbons (Fsp3) is 0.111. The van der Waals surface area contributed by atoms with Crippen LogP contribution in [-0.2, 0) is 12.8 Å². The van der Waals surface area contributed by atoms with Crippen LogP contribution in [0.4, 0.5) is 0 Å². The summed E-state index contributed by atoms with van der Waals surface area (Å²) in [6, 6.07) is 37.3.